The molecule has 3 aliphatic rings. The second-order valence-corrected chi connectivity index (χ2v) is 6.63. The van der Waals surface area contributed by atoms with Crippen LogP contribution in [0.4, 0.5) is 0 Å². The molecule has 0 radical (unpaired) electrons. The fourth-order valence-corrected chi connectivity index (χ4v) is 3.61. The smallest absolute Gasteiger partial charge is 0.0547 e. The van der Waals surface area contributed by atoms with Crippen LogP contribution in [-0.4, -0.2) is 49.8 Å². The molecule has 1 aliphatic carbocycles. The summed E-state index contributed by atoms with van der Waals surface area (Å²) in [5, 5.41) is 3.74. The van der Waals surface area contributed by atoms with E-state index in [4.69, 9.17) is 4.74 Å². The van der Waals surface area contributed by atoms with Crippen molar-refractivity contribution in [3.05, 3.63) is 0 Å². The average Bonchev–Trinajstić information content (AvgIpc) is 2.93. The molecule has 2 saturated heterocycles. The summed E-state index contributed by atoms with van der Waals surface area (Å²) in [5.41, 5.74) is 0.403. The van der Waals surface area contributed by atoms with E-state index < -0.39 is 0 Å². The second kappa shape index (κ2) is 5.48. The zero-order chi connectivity index (χ0) is 12.4. The number of likely N-dealkylation sites (tertiary alicyclic amines) is 1. The fourth-order valence-electron chi connectivity index (χ4n) is 3.61. The number of hydrogen-bond acceptors (Lipinski definition) is 3. The molecule has 1 saturated carbocycles. The lowest BCUT2D eigenvalue weighted by atomic mass is 9.86. The standard InChI is InChI=1S/C15H28N2O/c1-2-14-4-3-8-17(14)11-15(7-9-18-12-15)10-16-13-5-6-13/h13-14,16H,2-12H2,1H3. The van der Waals surface area contributed by atoms with Crippen molar-refractivity contribution in [2.24, 2.45) is 5.41 Å². The number of ether oxygens (including phenoxy) is 1. The Bertz CT molecular complexity index is 272. The largest absolute Gasteiger partial charge is 0.381 e. The summed E-state index contributed by atoms with van der Waals surface area (Å²) in [7, 11) is 0. The highest BCUT2D eigenvalue weighted by molar-refractivity contribution is 4.94. The molecule has 3 nitrogen and oxygen atoms in total. The molecular formula is C15H28N2O. The Balaban J connectivity index is 1.58. The summed E-state index contributed by atoms with van der Waals surface area (Å²) < 4.78 is 5.73. The van der Waals surface area contributed by atoms with E-state index >= 15 is 0 Å². The first-order valence-corrected chi connectivity index (χ1v) is 7.86. The molecular weight excluding hydrogens is 224 g/mol. The molecule has 0 aromatic carbocycles. The lowest BCUT2D eigenvalue weighted by molar-refractivity contribution is 0.101. The normalized spacial score (nSPS) is 37.5. The zero-order valence-corrected chi connectivity index (χ0v) is 11.8. The number of nitrogens with zero attached hydrogens (tertiary/aromatic N) is 1. The second-order valence-electron chi connectivity index (χ2n) is 6.63. The summed E-state index contributed by atoms with van der Waals surface area (Å²) in [6.45, 7) is 8.01. The van der Waals surface area contributed by atoms with Crippen LogP contribution in [0.3, 0.4) is 0 Å². The molecule has 0 amide bonds. The van der Waals surface area contributed by atoms with Crippen molar-refractivity contribution in [2.45, 2.75) is 57.5 Å². The molecule has 0 bridgehead atoms. The van der Waals surface area contributed by atoms with Gasteiger partial charge < -0.3 is 10.1 Å². The van der Waals surface area contributed by atoms with Crippen LogP contribution in [-0.2, 0) is 4.74 Å². The van der Waals surface area contributed by atoms with Gasteiger partial charge in [-0.05, 0) is 45.1 Å². The number of rotatable bonds is 6. The van der Waals surface area contributed by atoms with Gasteiger partial charge in [0.1, 0.15) is 0 Å². The molecule has 2 atom stereocenters. The molecule has 1 N–H and O–H groups in total. The van der Waals surface area contributed by atoms with Crippen molar-refractivity contribution >= 4 is 0 Å². The van der Waals surface area contributed by atoms with Crippen LogP contribution in [0.25, 0.3) is 0 Å². The minimum absolute atomic E-state index is 0.403. The average molecular weight is 252 g/mol. The fraction of sp³-hybridized carbons (Fsp3) is 1.00. The maximum Gasteiger partial charge on any atom is 0.0547 e. The van der Waals surface area contributed by atoms with Crippen LogP contribution in [0.1, 0.15) is 45.4 Å². The highest BCUT2D eigenvalue weighted by atomic mass is 16.5. The maximum atomic E-state index is 5.73. The van der Waals surface area contributed by atoms with E-state index in [1.54, 1.807) is 0 Å². The van der Waals surface area contributed by atoms with Gasteiger partial charge in [0.25, 0.3) is 0 Å². The van der Waals surface area contributed by atoms with Crippen molar-refractivity contribution in [3.63, 3.8) is 0 Å². The molecule has 104 valence electrons. The van der Waals surface area contributed by atoms with Crippen molar-refractivity contribution < 1.29 is 4.74 Å². The van der Waals surface area contributed by atoms with E-state index in [0.29, 0.717) is 5.41 Å². The minimum Gasteiger partial charge on any atom is -0.381 e. The first kappa shape index (κ1) is 12.9. The van der Waals surface area contributed by atoms with E-state index in [9.17, 15) is 0 Å². The van der Waals surface area contributed by atoms with Crippen molar-refractivity contribution in [2.75, 3.05) is 32.8 Å². The molecule has 2 aliphatic heterocycles. The lowest BCUT2D eigenvalue weighted by Crippen LogP contribution is -2.46. The highest BCUT2D eigenvalue weighted by Crippen LogP contribution is 2.33. The van der Waals surface area contributed by atoms with Gasteiger partial charge in [-0.25, -0.2) is 0 Å². The topological polar surface area (TPSA) is 24.5 Å². The van der Waals surface area contributed by atoms with Gasteiger partial charge in [0.15, 0.2) is 0 Å². The molecule has 0 aromatic rings. The van der Waals surface area contributed by atoms with Gasteiger partial charge in [0, 0.05) is 37.2 Å². The summed E-state index contributed by atoms with van der Waals surface area (Å²) >= 11 is 0. The summed E-state index contributed by atoms with van der Waals surface area (Å²) in [6.07, 6.45) is 8.14. The van der Waals surface area contributed by atoms with E-state index in [1.807, 2.05) is 0 Å². The van der Waals surface area contributed by atoms with Crippen LogP contribution in [0.15, 0.2) is 0 Å². The third-order valence-corrected chi connectivity index (χ3v) is 5.04. The molecule has 3 heteroatoms. The summed E-state index contributed by atoms with van der Waals surface area (Å²) in [4.78, 5) is 2.74. The highest BCUT2D eigenvalue weighted by Gasteiger charge is 2.39. The van der Waals surface area contributed by atoms with Gasteiger partial charge in [-0.1, -0.05) is 6.92 Å². The molecule has 2 heterocycles. The summed E-state index contributed by atoms with van der Waals surface area (Å²) in [5.74, 6) is 0. The van der Waals surface area contributed by atoms with Gasteiger partial charge in [-0.3, -0.25) is 4.90 Å². The predicted molar refractivity (Wildman–Crippen MR) is 73.8 cm³/mol. The summed E-state index contributed by atoms with van der Waals surface area (Å²) in [6, 6.07) is 1.66. The Morgan fingerprint density at radius 3 is 2.89 bits per heavy atom. The van der Waals surface area contributed by atoms with Crippen molar-refractivity contribution in [1.29, 1.82) is 0 Å². The first-order valence-electron chi connectivity index (χ1n) is 7.86. The quantitative estimate of drug-likeness (QED) is 0.783. The van der Waals surface area contributed by atoms with Crippen LogP contribution >= 0.6 is 0 Å². The van der Waals surface area contributed by atoms with E-state index in [1.165, 1.54) is 58.2 Å². The SMILES string of the molecule is CCC1CCCN1CC1(CNC2CC2)CCOC1. The molecule has 18 heavy (non-hydrogen) atoms. The molecule has 3 rings (SSSR count). The van der Waals surface area contributed by atoms with Gasteiger partial charge in [0.05, 0.1) is 6.61 Å². The molecule has 3 fully saturated rings. The third kappa shape index (κ3) is 2.89. The Hall–Kier alpha value is -0.120. The zero-order valence-electron chi connectivity index (χ0n) is 11.8. The van der Waals surface area contributed by atoms with Crippen LogP contribution in [0, 0.1) is 5.41 Å². The third-order valence-electron chi connectivity index (χ3n) is 5.04. The van der Waals surface area contributed by atoms with Gasteiger partial charge in [0.2, 0.25) is 0 Å². The molecule has 0 aromatic heterocycles. The van der Waals surface area contributed by atoms with E-state index in [0.717, 1.165) is 25.3 Å². The minimum atomic E-state index is 0.403. The molecule has 0 spiro atoms. The Morgan fingerprint density at radius 2 is 2.22 bits per heavy atom. The van der Waals surface area contributed by atoms with E-state index in [2.05, 4.69) is 17.1 Å². The monoisotopic (exact) mass is 252 g/mol. The van der Waals surface area contributed by atoms with Gasteiger partial charge in [-0.15, -0.1) is 0 Å². The lowest BCUT2D eigenvalue weighted by Gasteiger charge is -2.35. The predicted octanol–water partition coefficient (Wildman–Crippen LogP) is 2.02. The Kier molecular flexibility index (Phi) is 3.92. The Morgan fingerprint density at radius 1 is 1.33 bits per heavy atom. The number of hydrogen-bond donors (Lipinski definition) is 1. The Labute approximate surface area is 111 Å². The van der Waals surface area contributed by atoms with Crippen LogP contribution in [0.5, 0.6) is 0 Å². The van der Waals surface area contributed by atoms with Crippen molar-refractivity contribution in [3.8, 4) is 0 Å². The molecule has 2 unspecified atom stereocenters. The van der Waals surface area contributed by atoms with Crippen molar-refractivity contribution in [1.82, 2.24) is 10.2 Å². The van der Waals surface area contributed by atoms with Crippen LogP contribution < -0.4 is 5.32 Å². The van der Waals surface area contributed by atoms with Gasteiger partial charge in [-0.2, -0.15) is 0 Å². The van der Waals surface area contributed by atoms with E-state index in [-0.39, 0.29) is 0 Å². The van der Waals surface area contributed by atoms with Gasteiger partial charge >= 0.3 is 0 Å². The number of nitrogens with one attached hydrogen (secondary N) is 1. The first-order chi connectivity index (χ1) is 8.81. The maximum absolute atomic E-state index is 5.73. The van der Waals surface area contributed by atoms with Crippen LogP contribution in [0.2, 0.25) is 0 Å².